The van der Waals surface area contributed by atoms with E-state index >= 15 is 0 Å². The minimum Gasteiger partial charge on any atom is -0.329 e. The van der Waals surface area contributed by atoms with E-state index in [1.54, 1.807) is 6.20 Å². The van der Waals surface area contributed by atoms with Crippen molar-refractivity contribution < 1.29 is 17.6 Å². The fraction of sp³-hybridized carbons (Fsp3) is 0.143. The zero-order chi connectivity index (χ0) is 27.0. The van der Waals surface area contributed by atoms with Crippen molar-refractivity contribution in [1.82, 2.24) is 0 Å². The second kappa shape index (κ2) is 9.94. The molecule has 1 aliphatic heterocycles. The molecule has 192 valence electrons. The van der Waals surface area contributed by atoms with E-state index in [1.807, 2.05) is 62.4 Å². The summed E-state index contributed by atoms with van der Waals surface area (Å²) >= 11 is 5.30. The molecule has 0 spiro atoms. The van der Waals surface area contributed by atoms with Crippen LogP contribution >= 0.6 is 12.2 Å². The van der Waals surface area contributed by atoms with Gasteiger partial charge in [-0.3, -0.25) is 0 Å². The second-order valence-corrected chi connectivity index (χ2v) is 9.28. The SMILES string of the molecule is Cc1cccc(C)c1NC(=S)N=NC=c1ccc2c(c1)C=CC1C=2N=CN1c1ccc(C(F)(F)F)cc1F. The van der Waals surface area contributed by atoms with Gasteiger partial charge in [-0.15, -0.1) is 5.11 Å². The number of hydrogen-bond donors (Lipinski definition) is 1. The quantitative estimate of drug-likeness (QED) is 0.251. The number of fused-ring (bicyclic) bond motifs is 2. The summed E-state index contributed by atoms with van der Waals surface area (Å²) in [5, 5.41) is 13.1. The summed E-state index contributed by atoms with van der Waals surface area (Å²) in [6.45, 7) is 3.97. The monoisotopic (exact) mass is 535 g/mol. The van der Waals surface area contributed by atoms with E-state index in [-0.39, 0.29) is 10.8 Å². The highest BCUT2D eigenvalue weighted by atomic mass is 32.1. The lowest BCUT2D eigenvalue weighted by atomic mass is 9.98. The topological polar surface area (TPSA) is 52.4 Å². The molecule has 0 amide bonds. The van der Waals surface area contributed by atoms with Crippen LogP contribution in [0.5, 0.6) is 0 Å². The van der Waals surface area contributed by atoms with Crippen LogP contribution < -0.4 is 20.7 Å². The molecule has 2 aliphatic rings. The van der Waals surface area contributed by atoms with E-state index in [4.69, 9.17) is 12.2 Å². The van der Waals surface area contributed by atoms with Crippen LogP contribution in [0.2, 0.25) is 0 Å². The lowest BCUT2D eigenvalue weighted by molar-refractivity contribution is -0.137. The first-order valence-electron chi connectivity index (χ1n) is 11.6. The normalized spacial score (nSPS) is 16.8. The van der Waals surface area contributed by atoms with Gasteiger partial charge in [-0.2, -0.15) is 18.3 Å². The Kier molecular flexibility index (Phi) is 6.66. The molecule has 0 fully saturated rings. The minimum atomic E-state index is -4.62. The van der Waals surface area contributed by atoms with Gasteiger partial charge in [0.2, 0.25) is 5.11 Å². The molecule has 0 radical (unpaired) electrons. The maximum atomic E-state index is 14.6. The number of thiocarbonyl (C=S) groups is 1. The van der Waals surface area contributed by atoms with Gasteiger partial charge in [-0.05, 0) is 72.2 Å². The zero-order valence-corrected chi connectivity index (χ0v) is 21.1. The number of hydrogen-bond acceptors (Lipinski definition) is 4. The second-order valence-electron chi connectivity index (χ2n) is 8.89. The van der Waals surface area contributed by atoms with Crippen LogP contribution in [-0.4, -0.2) is 17.5 Å². The number of aliphatic imine (C=N–C) groups is 1. The highest BCUT2D eigenvalue weighted by Gasteiger charge is 2.33. The van der Waals surface area contributed by atoms with E-state index in [0.717, 1.165) is 44.9 Å². The summed E-state index contributed by atoms with van der Waals surface area (Å²) in [7, 11) is 0. The van der Waals surface area contributed by atoms with Gasteiger partial charge in [0.15, 0.2) is 0 Å². The van der Waals surface area contributed by atoms with Crippen molar-refractivity contribution in [2.45, 2.75) is 26.1 Å². The van der Waals surface area contributed by atoms with Gasteiger partial charge in [-0.25, -0.2) is 9.38 Å². The molecule has 3 aromatic rings. The summed E-state index contributed by atoms with van der Waals surface area (Å²) in [5.74, 6) is -0.966. The van der Waals surface area contributed by atoms with Gasteiger partial charge in [-0.1, -0.05) is 42.5 Å². The smallest absolute Gasteiger partial charge is 0.329 e. The number of anilines is 2. The highest BCUT2D eigenvalue weighted by Crippen LogP contribution is 2.35. The molecule has 1 unspecified atom stereocenters. The van der Waals surface area contributed by atoms with Crippen LogP contribution in [0.15, 0.2) is 75.9 Å². The molecular formula is C28H21F4N5S. The van der Waals surface area contributed by atoms with Gasteiger partial charge in [0.05, 0.1) is 35.5 Å². The maximum Gasteiger partial charge on any atom is 0.416 e. The van der Waals surface area contributed by atoms with Crippen molar-refractivity contribution in [3.63, 3.8) is 0 Å². The Labute approximate surface area is 221 Å². The molecule has 0 saturated heterocycles. The third-order valence-electron chi connectivity index (χ3n) is 6.33. The van der Waals surface area contributed by atoms with Crippen LogP contribution in [0.25, 0.3) is 18.0 Å². The van der Waals surface area contributed by atoms with E-state index in [9.17, 15) is 17.6 Å². The Hall–Kier alpha value is -4.18. The van der Waals surface area contributed by atoms with Crippen molar-refractivity contribution in [1.29, 1.82) is 0 Å². The molecule has 0 saturated carbocycles. The molecular weight excluding hydrogens is 514 g/mol. The van der Waals surface area contributed by atoms with Crippen LogP contribution in [0.4, 0.5) is 28.9 Å². The van der Waals surface area contributed by atoms with E-state index in [0.29, 0.717) is 11.8 Å². The average molecular weight is 536 g/mol. The number of para-hydroxylation sites is 1. The third-order valence-corrected chi connectivity index (χ3v) is 6.52. The van der Waals surface area contributed by atoms with Crippen molar-refractivity contribution in [3.05, 3.63) is 99.2 Å². The fourth-order valence-corrected chi connectivity index (χ4v) is 4.59. The Morgan fingerprint density at radius 1 is 1.08 bits per heavy atom. The number of nitrogens with zero attached hydrogens (tertiary/aromatic N) is 4. The largest absolute Gasteiger partial charge is 0.416 e. The van der Waals surface area contributed by atoms with Gasteiger partial charge in [0, 0.05) is 10.9 Å². The molecule has 0 aromatic heterocycles. The van der Waals surface area contributed by atoms with Gasteiger partial charge >= 0.3 is 6.18 Å². The number of alkyl halides is 3. The van der Waals surface area contributed by atoms with Crippen molar-refractivity contribution >= 4 is 53.0 Å². The molecule has 10 heteroatoms. The van der Waals surface area contributed by atoms with Crippen LogP contribution in [0.3, 0.4) is 0 Å². The van der Waals surface area contributed by atoms with Gasteiger partial charge < -0.3 is 10.2 Å². The summed E-state index contributed by atoms with van der Waals surface area (Å²) < 4.78 is 53.4. The summed E-state index contributed by atoms with van der Waals surface area (Å²) in [6, 6.07) is 13.6. The van der Waals surface area contributed by atoms with Crippen molar-refractivity contribution in [3.8, 4) is 0 Å². The average Bonchev–Trinajstić information content (AvgIpc) is 3.30. The molecule has 3 aromatic carbocycles. The third kappa shape index (κ3) is 4.99. The number of benzene rings is 3. The first-order valence-corrected chi connectivity index (χ1v) is 12.0. The van der Waals surface area contributed by atoms with E-state index in [1.165, 1.54) is 11.2 Å². The van der Waals surface area contributed by atoms with Gasteiger partial charge in [0.1, 0.15) is 5.82 Å². The molecule has 1 N–H and O–H groups in total. The summed E-state index contributed by atoms with van der Waals surface area (Å²) in [4.78, 5) is 5.95. The molecule has 1 heterocycles. The predicted molar refractivity (Wildman–Crippen MR) is 146 cm³/mol. The highest BCUT2D eigenvalue weighted by molar-refractivity contribution is 7.80. The van der Waals surface area contributed by atoms with Crippen molar-refractivity contribution in [2.24, 2.45) is 15.2 Å². The Morgan fingerprint density at radius 3 is 2.55 bits per heavy atom. The zero-order valence-electron chi connectivity index (χ0n) is 20.3. The number of azo groups is 1. The molecule has 5 rings (SSSR count). The fourth-order valence-electron chi connectivity index (χ4n) is 4.44. The van der Waals surface area contributed by atoms with Crippen LogP contribution in [0, 0.1) is 19.7 Å². The van der Waals surface area contributed by atoms with Crippen LogP contribution in [0.1, 0.15) is 22.3 Å². The Balaban J connectivity index is 1.36. The maximum absolute atomic E-state index is 14.6. The lowest BCUT2D eigenvalue weighted by Gasteiger charge is -2.25. The molecule has 1 atom stereocenters. The Bertz CT molecular complexity index is 1640. The first kappa shape index (κ1) is 25.5. The van der Waals surface area contributed by atoms with E-state index < -0.39 is 23.6 Å². The van der Waals surface area contributed by atoms with Crippen LogP contribution in [-0.2, 0) is 6.18 Å². The number of aryl methyl sites for hydroxylation is 2. The molecule has 0 bridgehead atoms. The number of nitrogens with one attached hydrogen (secondary N) is 1. The van der Waals surface area contributed by atoms with E-state index in [2.05, 4.69) is 20.5 Å². The number of rotatable bonds is 3. The number of halogens is 4. The molecule has 1 aliphatic carbocycles. The van der Waals surface area contributed by atoms with Gasteiger partial charge in [0.25, 0.3) is 0 Å². The van der Waals surface area contributed by atoms with Crippen molar-refractivity contribution in [2.75, 3.05) is 10.2 Å². The first-order chi connectivity index (χ1) is 18.1. The predicted octanol–water partition coefficient (Wildman–Crippen LogP) is 6.10. The lowest BCUT2D eigenvalue weighted by Crippen LogP contribution is -2.33. The molecule has 5 nitrogen and oxygen atoms in total. The molecule has 38 heavy (non-hydrogen) atoms. The Morgan fingerprint density at radius 2 is 1.84 bits per heavy atom. The summed E-state index contributed by atoms with van der Waals surface area (Å²) in [5.41, 5.74) is 3.55. The minimum absolute atomic E-state index is 0.0192. The summed E-state index contributed by atoms with van der Waals surface area (Å²) in [6.07, 6.45) is 2.11. The standard InChI is InChI=1S/C28H21F4N5S/c1-16-4-3-5-17(2)25(16)35-27(38)36-34-14-18-6-9-21-19(12-18)7-10-24-26(21)33-15-37(24)23-11-8-20(13-22(23)29)28(30,31)32/h3-15,24H,1-2H3,(H,35,38).